The van der Waals surface area contributed by atoms with Crippen molar-refractivity contribution in [2.75, 3.05) is 12.4 Å². The van der Waals surface area contributed by atoms with Crippen LogP contribution in [0.3, 0.4) is 0 Å². The van der Waals surface area contributed by atoms with Crippen molar-refractivity contribution in [1.82, 2.24) is 14.8 Å². The Labute approximate surface area is 143 Å². The summed E-state index contributed by atoms with van der Waals surface area (Å²) in [5.41, 5.74) is 0. The summed E-state index contributed by atoms with van der Waals surface area (Å²) in [6, 6.07) is 11.1. The highest BCUT2D eigenvalue weighted by Gasteiger charge is 2.14. The van der Waals surface area contributed by atoms with E-state index in [-0.39, 0.29) is 0 Å². The summed E-state index contributed by atoms with van der Waals surface area (Å²) in [4.78, 5) is 0. The second-order valence-electron chi connectivity index (χ2n) is 4.68. The molecular weight excluding hydrogens is 334 g/mol. The molecule has 0 spiro atoms. The van der Waals surface area contributed by atoms with E-state index in [1.54, 1.807) is 18.0 Å². The molecule has 0 N–H and O–H groups in total. The zero-order chi connectivity index (χ0) is 16.1. The van der Waals surface area contributed by atoms with Crippen molar-refractivity contribution in [3.05, 3.63) is 47.7 Å². The number of nitrogens with zero attached hydrogens (tertiary/aromatic N) is 3. The van der Waals surface area contributed by atoms with Crippen LogP contribution in [-0.2, 0) is 6.54 Å². The summed E-state index contributed by atoms with van der Waals surface area (Å²) < 4.78 is 13.1. The van der Waals surface area contributed by atoms with E-state index < -0.39 is 0 Å². The third-order valence-electron chi connectivity index (χ3n) is 3.17. The summed E-state index contributed by atoms with van der Waals surface area (Å²) in [5.74, 6) is 3.06. The van der Waals surface area contributed by atoms with Crippen LogP contribution in [0, 0.1) is 0 Å². The molecule has 120 valence electrons. The first-order valence-electron chi connectivity index (χ1n) is 7.26. The fraction of sp³-hybridized carbons (Fsp3) is 0.250. The second-order valence-corrected chi connectivity index (χ2v) is 6.18. The van der Waals surface area contributed by atoms with Crippen molar-refractivity contribution in [2.45, 2.75) is 18.6 Å². The number of aromatic nitrogens is 3. The van der Waals surface area contributed by atoms with Crippen molar-refractivity contribution in [3.63, 3.8) is 0 Å². The third-order valence-corrected chi connectivity index (χ3v) is 4.35. The van der Waals surface area contributed by atoms with Gasteiger partial charge in [0.05, 0.1) is 12.9 Å². The first-order chi connectivity index (χ1) is 11.3. The minimum absolute atomic E-state index is 0.582. The van der Waals surface area contributed by atoms with Gasteiger partial charge in [-0.2, -0.15) is 0 Å². The van der Waals surface area contributed by atoms with E-state index >= 15 is 0 Å². The number of rotatable bonds is 7. The minimum atomic E-state index is 0.582. The molecule has 0 amide bonds. The van der Waals surface area contributed by atoms with E-state index in [9.17, 15) is 0 Å². The van der Waals surface area contributed by atoms with Crippen molar-refractivity contribution >= 4 is 23.4 Å². The van der Waals surface area contributed by atoms with Crippen molar-refractivity contribution in [3.8, 4) is 17.3 Å². The molecule has 0 saturated carbocycles. The zero-order valence-corrected chi connectivity index (χ0v) is 14.2. The third kappa shape index (κ3) is 3.89. The maximum absolute atomic E-state index is 5.85. The Kier molecular flexibility index (Phi) is 5.25. The van der Waals surface area contributed by atoms with Gasteiger partial charge in [-0.15, -0.1) is 10.2 Å². The van der Waals surface area contributed by atoms with Crippen LogP contribution in [0.25, 0.3) is 11.6 Å². The van der Waals surface area contributed by atoms with E-state index in [1.165, 1.54) is 0 Å². The Hall–Kier alpha value is -1.92. The molecule has 1 aromatic carbocycles. The molecular formula is C16H16ClN3O2S. The van der Waals surface area contributed by atoms with Gasteiger partial charge in [0.25, 0.3) is 0 Å². The monoisotopic (exact) mass is 349 g/mol. The summed E-state index contributed by atoms with van der Waals surface area (Å²) in [7, 11) is 0. The molecule has 0 aliphatic rings. The summed E-state index contributed by atoms with van der Waals surface area (Å²) >= 11 is 7.45. The molecule has 0 fully saturated rings. The SMILES string of the molecule is CCn1c(SCCOc2ccc(Cl)cc2)nnc1-c1ccco1. The summed E-state index contributed by atoms with van der Waals surface area (Å²) in [6.07, 6.45) is 1.64. The van der Waals surface area contributed by atoms with Crippen LogP contribution in [-0.4, -0.2) is 27.1 Å². The highest BCUT2D eigenvalue weighted by atomic mass is 35.5. The fourth-order valence-corrected chi connectivity index (χ4v) is 3.04. The molecule has 2 aromatic heterocycles. The second kappa shape index (κ2) is 7.57. The first-order valence-corrected chi connectivity index (χ1v) is 8.62. The predicted molar refractivity (Wildman–Crippen MR) is 91.1 cm³/mol. The van der Waals surface area contributed by atoms with E-state index in [2.05, 4.69) is 17.1 Å². The Balaban J connectivity index is 1.57. The quantitative estimate of drug-likeness (QED) is 0.468. The van der Waals surface area contributed by atoms with Gasteiger partial charge in [0.2, 0.25) is 0 Å². The lowest BCUT2D eigenvalue weighted by atomic mass is 10.3. The lowest BCUT2D eigenvalue weighted by molar-refractivity contribution is 0.344. The molecule has 3 aromatic rings. The van der Waals surface area contributed by atoms with Gasteiger partial charge >= 0.3 is 0 Å². The van der Waals surface area contributed by atoms with E-state index in [1.807, 2.05) is 41.0 Å². The van der Waals surface area contributed by atoms with Crippen LogP contribution in [0.15, 0.2) is 52.2 Å². The maximum Gasteiger partial charge on any atom is 0.200 e. The molecule has 0 saturated heterocycles. The van der Waals surface area contributed by atoms with Crippen LogP contribution in [0.2, 0.25) is 5.02 Å². The molecule has 23 heavy (non-hydrogen) atoms. The van der Waals surface area contributed by atoms with Crippen LogP contribution in [0.4, 0.5) is 0 Å². The predicted octanol–water partition coefficient (Wildman–Crippen LogP) is 4.38. The normalized spacial score (nSPS) is 10.9. The average molecular weight is 350 g/mol. The van der Waals surface area contributed by atoms with Gasteiger partial charge in [-0.05, 0) is 43.3 Å². The number of benzene rings is 1. The molecule has 5 nitrogen and oxygen atoms in total. The topological polar surface area (TPSA) is 53.1 Å². The zero-order valence-electron chi connectivity index (χ0n) is 12.6. The average Bonchev–Trinajstić information content (AvgIpc) is 3.22. The van der Waals surface area contributed by atoms with Crippen LogP contribution < -0.4 is 4.74 Å². The molecule has 0 aliphatic carbocycles. The Morgan fingerprint density at radius 3 is 2.74 bits per heavy atom. The van der Waals surface area contributed by atoms with E-state index in [4.69, 9.17) is 20.8 Å². The fourth-order valence-electron chi connectivity index (χ4n) is 2.09. The van der Waals surface area contributed by atoms with Gasteiger partial charge in [0, 0.05) is 17.3 Å². The standard InChI is InChI=1S/C16H16ClN3O2S/c1-2-20-15(14-4-3-9-22-14)18-19-16(20)23-11-10-21-13-7-5-12(17)6-8-13/h3-9H,2,10-11H2,1H3. The number of ether oxygens (including phenoxy) is 1. The van der Waals surface area contributed by atoms with Gasteiger partial charge in [-0.25, -0.2) is 0 Å². The Morgan fingerprint density at radius 2 is 2.04 bits per heavy atom. The number of halogens is 1. The lowest BCUT2D eigenvalue weighted by Crippen LogP contribution is -2.03. The summed E-state index contributed by atoms with van der Waals surface area (Å²) in [6.45, 7) is 3.42. The van der Waals surface area contributed by atoms with Crippen molar-refractivity contribution in [2.24, 2.45) is 0 Å². The highest BCUT2D eigenvalue weighted by Crippen LogP contribution is 2.24. The molecule has 0 unspecified atom stereocenters. The minimum Gasteiger partial charge on any atom is -0.493 e. The van der Waals surface area contributed by atoms with Gasteiger partial charge in [0.15, 0.2) is 16.7 Å². The Morgan fingerprint density at radius 1 is 1.22 bits per heavy atom. The highest BCUT2D eigenvalue weighted by molar-refractivity contribution is 7.99. The van der Waals surface area contributed by atoms with Gasteiger partial charge in [-0.1, -0.05) is 23.4 Å². The molecule has 0 aliphatic heterocycles. The van der Waals surface area contributed by atoms with Gasteiger partial charge < -0.3 is 9.15 Å². The Bertz CT molecular complexity index is 741. The smallest absolute Gasteiger partial charge is 0.200 e. The van der Waals surface area contributed by atoms with Crippen molar-refractivity contribution in [1.29, 1.82) is 0 Å². The molecule has 0 radical (unpaired) electrons. The first kappa shape index (κ1) is 16.0. The van der Waals surface area contributed by atoms with Gasteiger partial charge in [-0.3, -0.25) is 4.57 Å². The number of hydrogen-bond donors (Lipinski definition) is 0. The molecule has 7 heteroatoms. The largest absolute Gasteiger partial charge is 0.493 e. The van der Waals surface area contributed by atoms with Gasteiger partial charge in [0.1, 0.15) is 5.75 Å². The van der Waals surface area contributed by atoms with E-state index in [0.717, 1.165) is 34.8 Å². The maximum atomic E-state index is 5.85. The molecule has 0 atom stereocenters. The van der Waals surface area contributed by atoms with Crippen molar-refractivity contribution < 1.29 is 9.15 Å². The molecule has 0 bridgehead atoms. The van der Waals surface area contributed by atoms with E-state index in [0.29, 0.717) is 11.6 Å². The number of thioether (sulfide) groups is 1. The van der Waals surface area contributed by atoms with Crippen LogP contribution in [0.5, 0.6) is 5.75 Å². The number of hydrogen-bond acceptors (Lipinski definition) is 5. The van der Waals surface area contributed by atoms with Crippen LogP contribution >= 0.6 is 23.4 Å². The lowest BCUT2D eigenvalue weighted by Gasteiger charge is -2.07. The van der Waals surface area contributed by atoms with Crippen LogP contribution in [0.1, 0.15) is 6.92 Å². The molecule has 2 heterocycles. The summed E-state index contributed by atoms with van der Waals surface area (Å²) in [5, 5.41) is 10.0. The number of furan rings is 1. The molecule has 3 rings (SSSR count).